The summed E-state index contributed by atoms with van der Waals surface area (Å²) in [5, 5.41) is 2.79. The molecule has 3 aromatic heterocycles. The standard InChI is InChI=1S/C31H29N7O3/c1-20-17-24(38(18-20)31(40)41-19-21-7-3-2-4-8-21)29-36-26(27-28(32)34-15-16-37(27)29)22-10-12-23(13-11-22)30(39)35-25-9-5-6-14-33-25/h2-16,20,24H,17-19H2,1H3,(H2,32,34)(H,33,35,39)/t20-,24-/m0/s1. The van der Waals surface area contributed by atoms with Crippen molar-refractivity contribution in [2.45, 2.75) is 26.0 Å². The van der Waals surface area contributed by atoms with Crippen molar-refractivity contribution in [2.24, 2.45) is 5.92 Å². The molecular weight excluding hydrogens is 518 g/mol. The Bertz CT molecular complexity index is 1690. The lowest BCUT2D eigenvalue weighted by molar-refractivity contribution is 0.0901. The first kappa shape index (κ1) is 26.0. The SMILES string of the molecule is C[C@H]1C[C@@H](c2nc(-c3ccc(C(=O)Nc4ccccn4)cc3)c3c(N)nccn23)N(C(=O)OCc2ccccc2)C1. The number of benzene rings is 2. The van der Waals surface area contributed by atoms with Crippen LogP contribution in [0.25, 0.3) is 16.8 Å². The van der Waals surface area contributed by atoms with Gasteiger partial charge in [0.05, 0.1) is 6.04 Å². The van der Waals surface area contributed by atoms with E-state index in [0.717, 1.165) is 17.5 Å². The number of imidazole rings is 1. The van der Waals surface area contributed by atoms with E-state index in [2.05, 4.69) is 22.2 Å². The smallest absolute Gasteiger partial charge is 0.410 e. The fourth-order valence-electron chi connectivity index (χ4n) is 5.22. The number of nitrogens with zero attached hydrogens (tertiary/aromatic N) is 5. The summed E-state index contributed by atoms with van der Waals surface area (Å²) in [7, 11) is 0. The minimum atomic E-state index is -0.383. The molecule has 1 aliphatic rings. The normalized spacial score (nSPS) is 16.6. The highest BCUT2D eigenvalue weighted by atomic mass is 16.6. The Morgan fingerprint density at radius 3 is 2.54 bits per heavy atom. The summed E-state index contributed by atoms with van der Waals surface area (Å²) in [5.41, 5.74) is 9.80. The predicted molar refractivity (Wildman–Crippen MR) is 155 cm³/mol. The number of amides is 2. The summed E-state index contributed by atoms with van der Waals surface area (Å²) in [6, 6.07) is 21.7. The maximum absolute atomic E-state index is 13.2. The van der Waals surface area contributed by atoms with Gasteiger partial charge in [0.25, 0.3) is 5.91 Å². The Morgan fingerprint density at radius 2 is 1.78 bits per heavy atom. The van der Waals surface area contributed by atoms with Crippen LogP contribution in [0.5, 0.6) is 0 Å². The van der Waals surface area contributed by atoms with Crippen LogP contribution in [-0.4, -0.2) is 42.8 Å². The van der Waals surface area contributed by atoms with Gasteiger partial charge in [-0.05, 0) is 42.2 Å². The lowest BCUT2D eigenvalue weighted by Crippen LogP contribution is -2.32. The van der Waals surface area contributed by atoms with Crippen LogP contribution >= 0.6 is 0 Å². The summed E-state index contributed by atoms with van der Waals surface area (Å²) < 4.78 is 7.59. The van der Waals surface area contributed by atoms with Crippen LogP contribution in [0.15, 0.2) is 91.4 Å². The quantitative estimate of drug-likeness (QED) is 0.293. The van der Waals surface area contributed by atoms with Crippen LogP contribution in [0.4, 0.5) is 16.4 Å². The fourth-order valence-corrected chi connectivity index (χ4v) is 5.22. The van der Waals surface area contributed by atoms with E-state index < -0.39 is 0 Å². The van der Waals surface area contributed by atoms with Gasteiger partial charge < -0.3 is 15.8 Å². The number of fused-ring (bicyclic) bond motifs is 1. The Hall–Kier alpha value is -5.25. The van der Waals surface area contributed by atoms with Crippen LogP contribution in [0.2, 0.25) is 0 Å². The number of hydrogen-bond donors (Lipinski definition) is 2. The Labute approximate surface area is 236 Å². The van der Waals surface area contributed by atoms with Gasteiger partial charge in [0.1, 0.15) is 35.3 Å². The molecule has 0 unspecified atom stereocenters. The lowest BCUT2D eigenvalue weighted by Gasteiger charge is -2.23. The third-order valence-corrected chi connectivity index (χ3v) is 7.19. The van der Waals surface area contributed by atoms with Crippen molar-refractivity contribution in [3.8, 4) is 11.3 Å². The molecule has 206 valence electrons. The van der Waals surface area contributed by atoms with Crippen molar-refractivity contribution in [1.82, 2.24) is 24.3 Å². The zero-order chi connectivity index (χ0) is 28.3. The summed E-state index contributed by atoms with van der Waals surface area (Å²) in [6.45, 7) is 2.87. The number of likely N-dealkylation sites (tertiary alicyclic amines) is 1. The van der Waals surface area contributed by atoms with Gasteiger partial charge >= 0.3 is 6.09 Å². The number of carbonyl (C=O) groups is 2. The van der Waals surface area contributed by atoms with Gasteiger partial charge in [0.2, 0.25) is 0 Å². The second-order valence-electron chi connectivity index (χ2n) is 10.1. The van der Waals surface area contributed by atoms with Crippen LogP contribution < -0.4 is 11.1 Å². The van der Waals surface area contributed by atoms with Gasteiger partial charge in [-0.25, -0.2) is 19.7 Å². The van der Waals surface area contributed by atoms with Gasteiger partial charge in [-0.15, -0.1) is 0 Å². The van der Waals surface area contributed by atoms with E-state index in [1.165, 1.54) is 0 Å². The molecule has 0 bridgehead atoms. The number of anilines is 2. The molecule has 1 aliphatic heterocycles. The number of aromatic nitrogens is 4. The minimum absolute atomic E-state index is 0.196. The zero-order valence-electron chi connectivity index (χ0n) is 22.5. The summed E-state index contributed by atoms with van der Waals surface area (Å²) in [4.78, 5) is 41.2. The molecule has 2 amide bonds. The highest BCUT2D eigenvalue weighted by Crippen LogP contribution is 2.38. The van der Waals surface area contributed by atoms with E-state index in [4.69, 9.17) is 15.5 Å². The summed E-state index contributed by atoms with van der Waals surface area (Å²) in [5.74, 6) is 1.47. The monoisotopic (exact) mass is 547 g/mol. The Kier molecular flexibility index (Phi) is 7.03. The van der Waals surface area contributed by atoms with Gasteiger partial charge in [-0.1, -0.05) is 55.5 Å². The number of hydrogen-bond acceptors (Lipinski definition) is 7. The molecule has 10 heteroatoms. The molecule has 5 aromatic rings. The van der Waals surface area contributed by atoms with E-state index >= 15 is 0 Å². The van der Waals surface area contributed by atoms with Gasteiger partial charge in [0.15, 0.2) is 0 Å². The number of nitrogens with two attached hydrogens (primary N) is 1. The molecule has 0 aliphatic carbocycles. The number of pyridine rings is 1. The van der Waals surface area contributed by atoms with E-state index in [1.54, 1.807) is 47.6 Å². The van der Waals surface area contributed by atoms with Gasteiger partial charge in [-0.2, -0.15) is 0 Å². The molecule has 0 spiro atoms. The third kappa shape index (κ3) is 5.31. The molecule has 4 heterocycles. The summed E-state index contributed by atoms with van der Waals surface area (Å²) >= 11 is 0. The van der Waals surface area contributed by atoms with Crippen LogP contribution in [-0.2, 0) is 11.3 Å². The van der Waals surface area contributed by atoms with E-state index in [-0.39, 0.29) is 30.6 Å². The maximum atomic E-state index is 13.2. The minimum Gasteiger partial charge on any atom is -0.445 e. The molecule has 41 heavy (non-hydrogen) atoms. The van der Waals surface area contributed by atoms with Crippen molar-refractivity contribution >= 4 is 29.2 Å². The van der Waals surface area contributed by atoms with Crippen molar-refractivity contribution in [2.75, 3.05) is 17.6 Å². The topological polar surface area (TPSA) is 128 Å². The Morgan fingerprint density at radius 1 is 1.00 bits per heavy atom. The Balaban J connectivity index is 1.29. The van der Waals surface area contributed by atoms with E-state index in [9.17, 15) is 9.59 Å². The van der Waals surface area contributed by atoms with E-state index in [1.807, 2.05) is 53.1 Å². The van der Waals surface area contributed by atoms with Crippen molar-refractivity contribution in [3.05, 3.63) is 108 Å². The first-order chi connectivity index (χ1) is 20.0. The average molecular weight is 548 g/mol. The largest absolute Gasteiger partial charge is 0.445 e. The van der Waals surface area contributed by atoms with Crippen LogP contribution in [0, 0.1) is 5.92 Å². The summed E-state index contributed by atoms with van der Waals surface area (Å²) in [6.07, 6.45) is 5.40. The lowest BCUT2D eigenvalue weighted by atomic mass is 10.1. The first-order valence-electron chi connectivity index (χ1n) is 13.4. The molecule has 1 fully saturated rings. The second kappa shape index (κ2) is 11.1. The second-order valence-corrected chi connectivity index (χ2v) is 10.1. The van der Waals surface area contributed by atoms with Crippen molar-refractivity contribution < 1.29 is 14.3 Å². The molecule has 3 N–H and O–H groups in total. The third-order valence-electron chi connectivity index (χ3n) is 7.19. The molecule has 0 saturated carbocycles. The molecule has 10 nitrogen and oxygen atoms in total. The van der Waals surface area contributed by atoms with Crippen molar-refractivity contribution in [3.63, 3.8) is 0 Å². The van der Waals surface area contributed by atoms with Crippen molar-refractivity contribution in [1.29, 1.82) is 0 Å². The number of rotatable bonds is 6. The van der Waals surface area contributed by atoms with E-state index in [0.29, 0.717) is 40.8 Å². The van der Waals surface area contributed by atoms with Gasteiger partial charge in [0, 0.05) is 36.3 Å². The molecule has 2 aromatic carbocycles. The molecule has 2 atom stereocenters. The molecule has 1 saturated heterocycles. The molecule has 0 radical (unpaired) electrons. The van der Waals surface area contributed by atoms with Gasteiger partial charge in [-0.3, -0.25) is 14.1 Å². The highest BCUT2D eigenvalue weighted by molar-refractivity contribution is 6.04. The number of carbonyl (C=O) groups excluding carboxylic acids is 2. The van der Waals surface area contributed by atoms with Crippen LogP contribution in [0.3, 0.4) is 0 Å². The predicted octanol–water partition coefficient (Wildman–Crippen LogP) is 5.35. The average Bonchev–Trinajstić information content (AvgIpc) is 3.58. The first-order valence-corrected chi connectivity index (χ1v) is 13.4. The maximum Gasteiger partial charge on any atom is 0.410 e. The number of nitrogens with one attached hydrogen (secondary N) is 1. The number of ether oxygens (including phenoxy) is 1. The highest BCUT2D eigenvalue weighted by Gasteiger charge is 2.38. The van der Waals surface area contributed by atoms with Crippen LogP contribution in [0.1, 0.15) is 41.1 Å². The molecular formula is C31H29N7O3. The number of nitrogen functional groups attached to an aromatic ring is 1. The zero-order valence-corrected chi connectivity index (χ0v) is 22.5. The molecule has 6 rings (SSSR count). The fraction of sp³-hybridized carbons (Fsp3) is 0.194.